The number of nitrogens with zero attached hydrogens (tertiary/aromatic N) is 1. The Bertz CT molecular complexity index is 236. The fourth-order valence-corrected chi connectivity index (χ4v) is 4.32. The van der Waals surface area contributed by atoms with Crippen LogP contribution in [0.5, 0.6) is 0 Å². The van der Waals surface area contributed by atoms with Gasteiger partial charge in [0.1, 0.15) is 0 Å². The number of nitrogens with two attached hydrogens (primary N) is 1. The van der Waals surface area contributed by atoms with Crippen molar-refractivity contribution in [3.05, 3.63) is 0 Å². The molecule has 1 aliphatic carbocycles. The molecule has 0 bridgehead atoms. The van der Waals surface area contributed by atoms with Crippen LogP contribution in [0.25, 0.3) is 0 Å². The molecule has 1 atom stereocenters. The Balaban J connectivity index is 2.85. The molecule has 1 saturated carbocycles. The second-order valence-electron chi connectivity index (χ2n) is 6.53. The van der Waals surface area contributed by atoms with Gasteiger partial charge in [-0.15, -0.1) is 0 Å². The van der Waals surface area contributed by atoms with Crippen LogP contribution in [0.15, 0.2) is 0 Å². The summed E-state index contributed by atoms with van der Waals surface area (Å²) in [5.74, 6) is 1.64. The Labute approximate surface area is 121 Å². The summed E-state index contributed by atoms with van der Waals surface area (Å²) in [6.07, 6.45) is 7.79. The van der Waals surface area contributed by atoms with Gasteiger partial charge in [0, 0.05) is 11.6 Å². The van der Waals surface area contributed by atoms with E-state index in [0.717, 1.165) is 24.9 Å². The maximum absolute atomic E-state index is 6.80. The van der Waals surface area contributed by atoms with Crippen molar-refractivity contribution in [3.63, 3.8) is 0 Å². The zero-order valence-corrected chi connectivity index (χ0v) is 13.9. The van der Waals surface area contributed by atoms with E-state index in [0.29, 0.717) is 6.04 Å². The Morgan fingerprint density at radius 1 is 1.00 bits per heavy atom. The van der Waals surface area contributed by atoms with Gasteiger partial charge in [-0.1, -0.05) is 47.5 Å². The molecule has 114 valence electrons. The molecule has 0 radical (unpaired) electrons. The first-order chi connectivity index (χ1) is 9.05. The average molecular weight is 268 g/mol. The smallest absolute Gasteiger partial charge is 0.0357 e. The van der Waals surface area contributed by atoms with Gasteiger partial charge < -0.3 is 5.73 Å². The summed E-state index contributed by atoms with van der Waals surface area (Å²) in [6.45, 7) is 13.8. The van der Waals surface area contributed by atoms with Crippen molar-refractivity contribution in [2.45, 2.75) is 84.7 Å². The minimum absolute atomic E-state index is 0.217. The van der Waals surface area contributed by atoms with E-state index < -0.39 is 0 Å². The minimum atomic E-state index is 0.217. The van der Waals surface area contributed by atoms with Crippen LogP contribution in [0.1, 0.15) is 73.1 Å². The Kier molecular flexibility index (Phi) is 6.82. The topological polar surface area (TPSA) is 29.3 Å². The summed E-state index contributed by atoms with van der Waals surface area (Å²) < 4.78 is 0. The highest BCUT2D eigenvalue weighted by Crippen LogP contribution is 2.37. The van der Waals surface area contributed by atoms with Gasteiger partial charge in [-0.05, 0) is 50.6 Å². The minimum Gasteiger partial charge on any atom is -0.326 e. The predicted octanol–water partition coefficient (Wildman–Crippen LogP) is 4.04. The first-order valence-corrected chi connectivity index (χ1v) is 8.56. The molecule has 0 spiro atoms. The van der Waals surface area contributed by atoms with Crippen molar-refractivity contribution < 1.29 is 0 Å². The van der Waals surface area contributed by atoms with Crippen LogP contribution < -0.4 is 5.73 Å². The van der Waals surface area contributed by atoms with E-state index in [-0.39, 0.29) is 5.54 Å². The second-order valence-corrected chi connectivity index (χ2v) is 6.53. The molecular formula is C17H36N2. The van der Waals surface area contributed by atoms with E-state index in [1.165, 1.54) is 38.5 Å². The highest BCUT2D eigenvalue weighted by molar-refractivity contribution is 5.00. The molecule has 1 unspecified atom stereocenters. The van der Waals surface area contributed by atoms with Gasteiger partial charge in [0.2, 0.25) is 0 Å². The van der Waals surface area contributed by atoms with Gasteiger partial charge >= 0.3 is 0 Å². The average Bonchev–Trinajstić information content (AvgIpc) is 2.45. The maximum Gasteiger partial charge on any atom is 0.0357 e. The van der Waals surface area contributed by atoms with Crippen LogP contribution in [0.4, 0.5) is 0 Å². The van der Waals surface area contributed by atoms with Crippen LogP contribution >= 0.6 is 0 Å². The fraction of sp³-hybridized carbons (Fsp3) is 1.00. The molecule has 2 heteroatoms. The van der Waals surface area contributed by atoms with Gasteiger partial charge in [-0.25, -0.2) is 0 Å². The molecule has 0 aromatic rings. The molecule has 0 aromatic heterocycles. The summed E-state index contributed by atoms with van der Waals surface area (Å²) in [4.78, 5) is 2.62. The van der Waals surface area contributed by atoms with E-state index in [2.05, 4.69) is 39.5 Å². The van der Waals surface area contributed by atoms with E-state index in [4.69, 9.17) is 5.73 Å². The summed E-state index contributed by atoms with van der Waals surface area (Å²) >= 11 is 0. The van der Waals surface area contributed by atoms with Crippen LogP contribution in [-0.4, -0.2) is 29.6 Å². The summed E-state index contributed by atoms with van der Waals surface area (Å²) in [6, 6.07) is 0.342. The van der Waals surface area contributed by atoms with Crippen molar-refractivity contribution in [1.82, 2.24) is 4.90 Å². The zero-order valence-electron chi connectivity index (χ0n) is 13.9. The van der Waals surface area contributed by atoms with Crippen LogP contribution in [0, 0.1) is 11.8 Å². The van der Waals surface area contributed by atoms with E-state index in [9.17, 15) is 0 Å². The third-order valence-corrected chi connectivity index (χ3v) is 5.81. The lowest BCUT2D eigenvalue weighted by molar-refractivity contribution is 0.0315. The Morgan fingerprint density at radius 3 is 1.84 bits per heavy atom. The molecule has 0 aromatic carbocycles. The van der Waals surface area contributed by atoms with Crippen molar-refractivity contribution in [2.24, 2.45) is 17.6 Å². The second kappa shape index (κ2) is 7.64. The number of hydrogen-bond donors (Lipinski definition) is 1. The van der Waals surface area contributed by atoms with Crippen molar-refractivity contribution in [1.29, 1.82) is 0 Å². The number of rotatable bonds is 7. The Morgan fingerprint density at radius 2 is 1.47 bits per heavy atom. The molecule has 1 aliphatic rings. The van der Waals surface area contributed by atoms with Gasteiger partial charge in [0.25, 0.3) is 0 Å². The van der Waals surface area contributed by atoms with Crippen LogP contribution in [0.3, 0.4) is 0 Å². The molecular weight excluding hydrogens is 232 g/mol. The van der Waals surface area contributed by atoms with E-state index in [1.54, 1.807) is 0 Å². The lowest BCUT2D eigenvalue weighted by Gasteiger charge is -2.50. The van der Waals surface area contributed by atoms with Crippen molar-refractivity contribution in [3.8, 4) is 0 Å². The van der Waals surface area contributed by atoms with Crippen LogP contribution in [0.2, 0.25) is 0 Å². The van der Waals surface area contributed by atoms with Gasteiger partial charge in [-0.2, -0.15) is 0 Å². The molecule has 0 heterocycles. The standard InChI is InChI=1S/C17H36N2/c1-6-17(7-2,19(8-3)9-4)16(18)15-12-10-14(5)11-13-15/h14-16H,6-13,18H2,1-5H3. The molecule has 0 aliphatic heterocycles. The number of hydrogen-bond acceptors (Lipinski definition) is 2. The summed E-state index contributed by atoms with van der Waals surface area (Å²) in [5.41, 5.74) is 7.02. The van der Waals surface area contributed by atoms with Gasteiger partial charge in [0.15, 0.2) is 0 Å². The fourth-order valence-electron chi connectivity index (χ4n) is 4.32. The molecule has 1 fully saturated rings. The molecule has 0 saturated heterocycles. The van der Waals surface area contributed by atoms with Gasteiger partial charge in [-0.3, -0.25) is 4.90 Å². The molecule has 2 N–H and O–H groups in total. The third kappa shape index (κ3) is 3.52. The highest BCUT2D eigenvalue weighted by atomic mass is 15.2. The normalized spacial score (nSPS) is 26.7. The zero-order chi connectivity index (χ0) is 14.5. The van der Waals surface area contributed by atoms with E-state index in [1.807, 2.05) is 0 Å². The highest BCUT2D eigenvalue weighted by Gasteiger charge is 2.42. The van der Waals surface area contributed by atoms with Crippen molar-refractivity contribution in [2.75, 3.05) is 13.1 Å². The first kappa shape index (κ1) is 17.0. The third-order valence-electron chi connectivity index (χ3n) is 5.81. The van der Waals surface area contributed by atoms with Crippen LogP contribution in [-0.2, 0) is 0 Å². The quantitative estimate of drug-likeness (QED) is 0.755. The molecule has 19 heavy (non-hydrogen) atoms. The summed E-state index contributed by atoms with van der Waals surface area (Å²) in [7, 11) is 0. The Hall–Kier alpha value is -0.0800. The molecule has 1 rings (SSSR count). The first-order valence-electron chi connectivity index (χ1n) is 8.56. The molecule has 2 nitrogen and oxygen atoms in total. The molecule has 0 amide bonds. The van der Waals surface area contributed by atoms with Crippen molar-refractivity contribution >= 4 is 0 Å². The SMILES string of the molecule is CCN(CC)C(CC)(CC)C(N)C1CCC(C)CC1. The predicted molar refractivity (Wildman–Crippen MR) is 85.3 cm³/mol. The summed E-state index contributed by atoms with van der Waals surface area (Å²) in [5, 5.41) is 0. The monoisotopic (exact) mass is 268 g/mol. The lowest BCUT2D eigenvalue weighted by atomic mass is 9.70. The van der Waals surface area contributed by atoms with E-state index >= 15 is 0 Å². The maximum atomic E-state index is 6.80. The largest absolute Gasteiger partial charge is 0.326 e. The lowest BCUT2D eigenvalue weighted by Crippen LogP contribution is -2.62. The number of likely N-dealkylation sites (N-methyl/N-ethyl adjacent to an activating group) is 1. The van der Waals surface area contributed by atoms with Gasteiger partial charge in [0.05, 0.1) is 0 Å².